The summed E-state index contributed by atoms with van der Waals surface area (Å²) in [7, 11) is 2.06. The van der Waals surface area contributed by atoms with Crippen LogP contribution in [-0.2, 0) is 6.42 Å². The van der Waals surface area contributed by atoms with E-state index in [-0.39, 0.29) is 0 Å². The topological polar surface area (TPSA) is 12.0 Å². The lowest BCUT2D eigenvalue weighted by atomic mass is 9.97. The molecule has 0 saturated heterocycles. The zero-order valence-electron chi connectivity index (χ0n) is 12.5. The van der Waals surface area contributed by atoms with Gasteiger partial charge in [0.25, 0.3) is 0 Å². The van der Waals surface area contributed by atoms with Crippen molar-refractivity contribution in [2.75, 3.05) is 7.05 Å². The Morgan fingerprint density at radius 2 is 1.79 bits per heavy atom. The van der Waals surface area contributed by atoms with Crippen molar-refractivity contribution >= 4 is 11.3 Å². The van der Waals surface area contributed by atoms with Gasteiger partial charge in [-0.2, -0.15) is 0 Å². The van der Waals surface area contributed by atoms with Crippen molar-refractivity contribution in [2.45, 2.75) is 40.2 Å². The molecule has 102 valence electrons. The van der Waals surface area contributed by atoms with E-state index in [2.05, 4.69) is 64.3 Å². The van der Waals surface area contributed by atoms with Gasteiger partial charge < -0.3 is 5.32 Å². The van der Waals surface area contributed by atoms with Crippen LogP contribution in [0.5, 0.6) is 0 Å². The highest BCUT2D eigenvalue weighted by molar-refractivity contribution is 7.12. The van der Waals surface area contributed by atoms with Crippen LogP contribution in [-0.4, -0.2) is 7.05 Å². The van der Waals surface area contributed by atoms with E-state index >= 15 is 0 Å². The second-order valence-electron chi connectivity index (χ2n) is 5.38. The van der Waals surface area contributed by atoms with Gasteiger partial charge in [-0.15, -0.1) is 11.3 Å². The fourth-order valence-corrected chi connectivity index (χ4v) is 3.72. The van der Waals surface area contributed by atoms with Gasteiger partial charge >= 0.3 is 0 Å². The Kier molecular flexibility index (Phi) is 4.43. The third kappa shape index (κ3) is 3.26. The molecule has 19 heavy (non-hydrogen) atoms. The molecule has 2 aromatic rings. The van der Waals surface area contributed by atoms with Crippen LogP contribution in [0, 0.1) is 27.7 Å². The highest BCUT2D eigenvalue weighted by atomic mass is 32.1. The Hall–Kier alpha value is -1.12. The van der Waals surface area contributed by atoms with Gasteiger partial charge in [0, 0.05) is 15.8 Å². The van der Waals surface area contributed by atoms with E-state index in [1.807, 2.05) is 11.3 Å². The number of hydrogen-bond donors (Lipinski definition) is 1. The van der Waals surface area contributed by atoms with E-state index in [1.165, 1.54) is 32.0 Å². The Balaban J connectivity index is 2.29. The maximum Gasteiger partial charge on any atom is 0.0456 e. The summed E-state index contributed by atoms with van der Waals surface area (Å²) in [6.45, 7) is 8.77. The average molecular weight is 273 g/mol. The van der Waals surface area contributed by atoms with E-state index in [0.717, 1.165) is 6.42 Å². The van der Waals surface area contributed by atoms with Crippen LogP contribution in [0.1, 0.15) is 38.0 Å². The van der Waals surface area contributed by atoms with Gasteiger partial charge in [-0.05, 0) is 63.9 Å². The van der Waals surface area contributed by atoms with Crippen molar-refractivity contribution in [1.82, 2.24) is 5.32 Å². The highest BCUT2D eigenvalue weighted by Crippen LogP contribution is 2.30. The van der Waals surface area contributed by atoms with Crippen molar-refractivity contribution in [1.29, 1.82) is 0 Å². The SMILES string of the molecule is CNC(Cc1cc(C)ccc1C)c1sc(C)cc1C. The number of hydrogen-bond acceptors (Lipinski definition) is 2. The number of aryl methyl sites for hydroxylation is 4. The van der Waals surface area contributed by atoms with E-state index < -0.39 is 0 Å². The Bertz CT molecular complexity index is 569. The van der Waals surface area contributed by atoms with Crippen LogP contribution in [0.3, 0.4) is 0 Å². The molecule has 2 rings (SSSR count). The minimum atomic E-state index is 0.416. The molecule has 0 fully saturated rings. The molecule has 1 heterocycles. The van der Waals surface area contributed by atoms with E-state index in [0.29, 0.717) is 6.04 Å². The molecule has 0 aliphatic carbocycles. The lowest BCUT2D eigenvalue weighted by Gasteiger charge is -2.18. The van der Waals surface area contributed by atoms with Crippen molar-refractivity contribution in [3.63, 3.8) is 0 Å². The van der Waals surface area contributed by atoms with E-state index in [1.54, 1.807) is 0 Å². The molecule has 0 radical (unpaired) electrons. The Morgan fingerprint density at radius 3 is 2.37 bits per heavy atom. The highest BCUT2D eigenvalue weighted by Gasteiger charge is 2.16. The molecule has 1 unspecified atom stereocenters. The molecule has 1 aromatic carbocycles. The van der Waals surface area contributed by atoms with Gasteiger partial charge in [-0.25, -0.2) is 0 Å². The first-order chi connectivity index (χ1) is 9.01. The normalized spacial score (nSPS) is 12.7. The molecule has 0 aliphatic heterocycles. The van der Waals surface area contributed by atoms with Crippen molar-refractivity contribution in [3.05, 3.63) is 56.3 Å². The third-order valence-electron chi connectivity index (χ3n) is 3.67. The maximum absolute atomic E-state index is 3.48. The van der Waals surface area contributed by atoms with E-state index in [9.17, 15) is 0 Å². The van der Waals surface area contributed by atoms with Gasteiger partial charge in [0.05, 0.1) is 0 Å². The summed E-state index contributed by atoms with van der Waals surface area (Å²) >= 11 is 1.91. The van der Waals surface area contributed by atoms with Crippen molar-refractivity contribution in [3.8, 4) is 0 Å². The lowest BCUT2D eigenvalue weighted by Crippen LogP contribution is -2.19. The van der Waals surface area contributed by atoms with Gasteiger partial charge in [-0.3, -0.25) is 0 Å². The summed E-state index contributed by atoms with van der Waals surface area (Å²) < 4.78 is 0. The first-order valence-corrected chi connectivity index (χ1v) is 7.63. The fourth-order valence-electron chi connectivity index (χ4n) is 2.57. The molecule has 0 saturated carbocycles. The smallest absolute Gasteiger partial charge is 0.0456 e. The number of benzene rings is 1. The van der Waals surface area contributed by atoms with Gasteiger partial charge in [0.15, 0.2) is 0 Å². The summed E-state index contributed by atoms with van der Waals surface area (Å²) in [4.78, 5) is 2.87. The van der Waals surface area contributed by atoms with Crippen molar-refractivity contribution < 1.29 is 0 Å². The molecule has 1 nitrogen and oxygen atoms in total. The minimum absolute atomic E-state index is 0.416. The molecule has 2 heteroatoms. The zero-order valence-corrected chi connectivity index (χ0v) is 13.3. The second-order valence-corrected chi connectivity index (χ2v) is 6.67. The fraction of sp³-hybridized carbons (Fsp3) is 0.412. The number of rotatable bonds is 4. The maximum atomic E-state index is 3.48. The molecular weight excluding hydrogens is 250 g/mol. The van der Waals surface area contributed by atoms with Gasteiger partial charge in [0.1, 0.15) is 0 Å². The van der Waals surface area contributed by atoms with Crippen LogP contribution >= 0.6 is 11.3 Å². The van der Waals surface area contributed by atoms with Crippen LogP contribution < -0.4 is 5.32 Å². The average Bonchev–Trinajstić information content (AvgIpc) is 2.69. The largest absolute Gasteiger partial charge is 0.312 e. The number of thiophene rings is 1. The van der Waals surface area contributed by atoms with Crippen molar-refractivity contribution in [2.24, 2.45) is 0 Å². The predicted octanol–water partition coefficient (Wildman–Crippen LogP) is 4.48. The molecule has 1 aromatic heterocycles. The quantitative estimate of drug-likeness (QED) is 0.865. The number of likely N-dealkylation sites (N-methyl/N-ethyl adjacent to an activating group) is 1. The number of nitrogens with one attached hydrogen (secondary N) is 1. The van der Waals surface area contributed by atoms with Crippen LogP contribution in [0.25, 0.3) is 0 Å². The first kappa shape index (κ1) is 14.3. The Labute approximate surface area is 120 Å². The summed E-state index contributed by atoms with van der Waals surface area (Å²) in [6, 6.07) is 9.43. The van der Waals surface area contributed by atoms with E-state index in [4.69, 9.17) is 0 Å². The molecule has 0 bridgehead atoms. The van der Waals surface area contributed by atoms with Crippen LogP contribution in [0.2, 0.25) is 0 Å². The minimum Gasteiger partial charge on any atom is -0.312 e. The zero-order chi connectivity index (χ0) is 14.0. The molecule has 0 spiro atoms. The molecule has 0 aliphatic rings. The van der Waals surface area contributed by atoms with Gasteiger partial charge in [-0.1, -0.05) is 23.8 Å². The second kappa shape index (κ2) is 5.89. The summed E-state index contributed by atoms with van der Waals surface area (Å²) in [5, 5.41) is 3.48. The molecular formula is C17H23NS. The third-order valence-corrected chi connectivity index (χ3v) is 4.94. The summed E-state index contributed by atoms with van der Waals surface area (Å²) in [5.74, 6) is 0. The van der Waals surface area contributed by atoms with Crippen LogP contribution in [0.15, 0.2) is 24.3 Å². The Morgan fingerprint density at radius 1 is 1.05 bits per heavy atom. The summed E-state index contributed by atoms with van der Waals surface area (Å²) in [6.07, 6.45) is 1.06. The predicted molar refractivity (Wildman–Crippen MR) is 85.2 cm³/mol. The molecule has 1 atom stereocenters. The standard InChI is InChI=1S/C17H23NS/c1-11-6-7-12(2)15(8-11)10-16(18-5)17-13(3)9-14(4)19-17/h6-9,16,18H,10H2,1-5H3. The first-order valence-electron chi connectivity index (χ1n) is 6.81. The van der Waals surface area contributed by atoms with Crippen LogP contribution in [0.4, 0.5) is 0 Å². The monoisotopic (exact) mass is 273 g/mol. The summed E-state index contributed by atoms with van der Waals surface area (Å²) in [5.41, 5.74) is 5.59. The molecule has 0 amide bonds. The molecule has 1 N–H and O–H groups in total. The van der Waals surface area contributed by atoms with Gasteiger partial charge in [0.2, 0.25) is 0 Å². The lowest BCUT2D eigenvalue weighted by molar-refractivity contribution is 0.598.